The molecule has 4 rings (SSSR count). The summed E-state index contributed by atoms with van der Waals surface area (Å²) in [7, 11) is 0. The van der Waals surface area contributed by atoms with Gasteiger partial charge in [0, 0.05) is 55.4 Å². The molecule has 6 nitrogen and oxygen atoms in total. The molecule has 1 aromatic carbocycles. The first-order valence-corrected chi connectivity index (χ1v) is 10.6. The first-order chi connectivity index (χ1) is 15.3. The number of piperidine rings is 1. The molecule has 2 heterocycles. The molecule has 0 bridgehead atoms. The van der Waals surface area contributed by atoms with Crippen molar-refractivity contribution in [1.29, 1.82) is 0 Å². The number of halogens is 3. The number of carbonyl (C=O) groups is 2. The Morgan fingerprint density at radius 3 is 2.31 bits per heavy atom. The summed E-state index contributed by atoms with van der Waals surface area (Å²) in [5.41, 5.74) is -0.0415. The van der Waals surface area contributed by atoms with E-state index in [1.807, 2.05) is 10.2 Å². The van der Waals surface area contributed by atoms with E-state index < -0.39 is 18.1 Å². The lowest BCUT2D eigenvalue weighted by atomic mass is 10.1. The van der Waals surface area contributed by atoms with E-state index in [2.05, 4.69) is 4.98 Å². The van der Waals surface area contributed by atoms with Gasteiger partial charge >= 0.3 is 6.18 Å². The van der Waals surface area contributed by atoms with Crippen molar-refractivity contribution in [2.24, 2.45) is 5.92 Å². The molecule has 1 atom stereocenters. The van der Waals surface area contributed by atoms with Gasteiger partial charge in [0.05, 0.1) is 0 Å². The average Bonchev–Trinajstić information content (AvgIpc) is 3.63. The van der Waals surface area contributed by atoms with Gasteiger partial charge in [-0.1, -0.05) is 6.07 Å². The van der Waals surface area contributed by atoms with Crippen LogP contribution in [0.5, 0.6) is 5.75 Å². The van der Waals surface area contributed by atoms with E-state index in [1.54, 1.807) is 12.1 Å². The molecule has 1 aliphatic heterocycles. The summed E-state index contributed by atoms with van der Waals surface area (Å²) in [6.45, 7) is 1.32. The van der Waals surface area contributed by atoms with E-state index in [-0.39, 0.29) is 29.1 Å². The summed E-state index contributed by atoms with van der Waals surface area (Å²) in [6.07, 6.45) is 1.17. The van der Waals surface area contributed by atoms with E-state index >= 15 is 0 Å². The number of rotatable bonds is 6. The maximum absolute atomic E-state index is 13.4. The smallest absolute Gasteiger partial charge is 0.412 e. The summed E-state index contributed by atoms with van der Waals surface area (Å²) in [6, 6.07) is 6.53. The molecule has 0 radical (unpaired) electrons. The van der Waals surface area contributed by atoms with Gasteiger partial charge in [0.25, 0.3) is 5.91 Å². The number of benzene rings is 1. The largest absolute Gasteiger partial charge is 0.490 e. The van der Waals surface area contributed by atoms with Crippen LogP contribution in [0.25, 0.3) is 0 Å². The predicted molar refractivity (Wildman–Crippen MR) is 110 cm³/mol. The van der Waals surface area contributed by atoms with E-state index in [9.17, 15) is 22.8 Å². The maximum Gasteiger partial charge on any atom is 0.412 e. The highest BCUT2D eigenvalue weighted by Gasteiger charge is 2.42. The van der Waals surface area contributed by atoms with Crippen molar-refractivity contribution in [2.45, 2.75) is 44.0 Å². The molecule has 2 aliphatic rings. The van der Waals surface area contributed by atoms with Gasteiger partial charge in [0.2, 0.25) is 5.91 Å². The van der Waals surface area contributed by atoms with Crippen LogP contribution in [0.1, 0.15) is 47.6 Å². The van der Waals surface area contributed by atoms with E-state index in [1.165, 1.54) is 30.5 Å². The van der Waals surface area contributed by atoms with Gasteiger partial charge in [0.1, 0.15) is 11.9 Å². The van der Waals surface area contributed by atoms with Gasteiger partial charge in [-0.25, -0.2) is 0 Å². The second-order valence-electron chi connectivity index (χ2n) is 8.18. The summed E-state index contributed by atoms with van der Waals surface area (Å²) < 4.78 is 46.3. The quantitative estimate of drug-likeness (QED) is 0.729. The van der Waals surface area contributed by atoms with Crippen molar-refractivity contribution in [3.8, 4) is 5.75 Å². The van der Waals surface area contributed by atoms with Crippen molar-refractivity contribution in [2.75, 3.05) is 13.1 Å². The van der Waals surface area contributed by atoms with Crippen LogP contribution in [-0.4, -0.2) is 47.1 Å². The number of hydrogen-bond acceptors (Lipinski definition) is 4. The molecule has 0 spiro atoms. The Bertz CT molecular complexity index is 938. The van der Waals surface area contributed by atoms with Crippen LogP contribution in [0, 0.1) is 5.92 Å². The second-order valence-corrected chi connectivity index (χ2v) is 8.18. The first kappa shape index (κ1) is 22.1. The lowest BCUT2D eigenvalue weighted by Gasteiger charge is -2.32. The monoisotopic (exact) mass is 447 g/mol. The third kappa shape index (κ3) is 5.38. The molecule has 170 valence electrons. The van der Waals surface area contributed by atoms with Crippen molar-refractivity contribution >= 4 is 11.8 Å². The molecule has 1 aromatic heterocycles. The zero-order chi connectivity index (χ0) is 22.7. The molecular weight excluding hydrogens is 423 g/mol. The highest BCUT2D eigenvalue weighted by atomic mass is 19.4. The SMILES string of the molecule is O=C(NC(c1cccnc1)C(F)(F)F)c1ccc(OC2CCN(C(=O)C3CC3)CC2)cc1. The normalized spacial score (nSPS) is 18.2. The van der Waals surface area contributed by atoms with Crippen molar-refractivity contribution in [3.63, 3.8) is 0 Å². The molecule has 2 aromatic rings. The molecular formula is C23H24F3N3O3. The van der Waals surface area contributed by atoms with Gasteiger partial charge in [-0.3, -0.25) is 14.6 Å². The number of hydrogen-bond donors (Lipinski definition) is 1. The number of amides is 2. The van der Waals surface area contributed by atoms with Crippen LogP contribution in [0.2, 0.25) is 0 Å². The number of ether oxygens (including phenoxy) is 1. The Kier molecular flexibility index (Phi) is 6.34. The number of nitrogens with zero attached hydrogens (tertiary/aromatic N) is 2. The maximum atomic E-state index is 13.4. The summed E-state index contributed by atoms with van der Waals surface area (Å²) >= 11 is 0. The molecule has 2 amide bonds. The third-order valence-electron chi connectivity index (χ3n) is 5.72. The number of likely N-dealkylation sites (tertiary alicyclic amines) is 1. The summed E-state index contributed by atoms with van der Waals surface area (Å²) in [5, 5.41) is 2.04. The number of carbonyl (C=O) groups excluding carboxylic acids is 2. The van der Waals surface area contributed by atoms with E-state index in [0.29, 0.717) is 18.8 Å². The van der Waals surface area contributed by atoms with Gasteiger partial charge in [0.15, 0.2) is 6.04 Å². The van der Waals surface area contributed by atoms with Crippen molar-refractivity contribution in [3.05, 3.63) is 59.9 Å². The van der Waals surface area contributed by atoms with Crippen LogP contribution in [0.3, 0.4) is 0 Å². The molecule has 2 fully saturated rings. The van der Waals surface area contributed by atoms with Gasteiger partial charge in [-0.05, 0) is 43.2 Å². The Labute approximate surface area is 183 Å². The summed E-state index contributed by atoms with van der Waals surface area (Å²) in [4.78, 5) is 30.2. The molecule has 1 aliphatic carbocycles. The Hall–Kier alpha value is -3.10. The van der Waals surface area contributed by atoms with Crippen LogP contribution in [0.4, 0.5) is 13.2 Å². The second kappa shape index (κ2) is 9.18. The topological polar surface area (TPSA) is 71.5 Å². The Balaban J connectivity index is 1.33. The fourth-order valence-corrected chi connectivity index (χ4v) is 3.78. The Morgan fingerprint density at radius 2 is 1.75 bits per heavy atom. The van der Waals surface area contributed by atoms with Crippen LogP contribution in [0.15, 0.2) is 48.8 Å². The van der Waals surface area contributed by atoms with E-state index in [0.717, 1.165) is 31.9 Å². The number of pyridine rings is 1. The zero-order valence-electron chi connectivity index (χ0n) is 17.3. The highest BCUT2D eigenvalue weighted by molar-refractivity contribution is 5.94. The fourth-order valence-electron chi connectivity index (χ4n) is 3.78. The molecule has 32 heavy (non-hydrogen) atoms. The minimum Gasteiger partial charge on any atom is -0.490 e. The first-order valence-electron chi connectivity index (χ1n) is 10.6. The highest BCUT2D eigenvalue weighted by Crippen LogP contribution is 2.33. The predicted octanol–water partition coefficient (Wildman–Crippen LogP) is 3.89. The standard InChI is InChI=1S/C23H24F3N3O3/c24-23(25,26)20(17-2-1-11-27-14-17)28-21(30)15-5-7-18(8-6-15)32-19-9-12-29(13-10-19)22(31)16-3-4-16/h1-2,5-8,11,14,16,19-20H,3-4,9-10,12-13H2,(H,28,30). The van der Waals surface area contributed by atoms with Gasteiger partial charge in [-0.15, -0.1) is 0 Å². The van der Waals surface area contributed by atoms with Crippen molar-refractivity contribution < 1.29 is 27.5 Å². The number of nitrogens with one attached hydrogen (secondary N) is 1. The minimum atomic E-state index is -4.66. The van der Waals surface area contributed by atoms with Crippen LogP contribution >= 0.6 is 0 Å². The lowest BCUT2D eigenvalue weighted by molar-refractivity contribution is -0.155. The number of alkyl halides is 3. The average molecular weight is 447 g/mol. The van der Waals surface area contributed by atoms with Crippen LogP contribution < -0.4 is 10.1 Å². The molecule has 1 saturated carbocycles. The minimum absolute atomic E-state index is 0.0434. The fraction of sp³-hybridized carbons (Fsp3) is 0.435. The zero-order valence-corrected chi connectivity index (χ0v) is 17.3. The molecule has 9 heteroatoms. The third-order valence-corrected chi connectivity index (χ3v) is 5.72. The molecule has 1 N–H and O–H groups in total. The lowest BCUT2D eigenvalue weighted by Crippen LogP contribution is -2.42. The molecule has 1 saturated heterocycles. The Morgan fingerprint density at radius 1 is 1.06 bits per heavy atom. The van der Waals surface area contributed by atoms with Crippen LogP contribution in [-0.2, 0) is 4.79 Å². The van der Waals surface area contributed by atoms with Gasteiger partial charge < -0.3 is 15.0 Å². The van der Waals surface area contributed by atoms with Gasteiger partial charge in [-0.2, -0.15) is 13.2 Å². The van der Waals surface area contributed by atoms with Crippen molar-refractivity contribution in [1.82, 2.24) is 15.2 Å². The molecule has 1 unspecified atom stereocenters. The number of aromatic nitrogens is 1. The summed E-state index contributed by atoms with van der Waals surface area (Å²) in [5.74, 6) is 0.145. The van der Waals surface area contributed by atoms with E-state index in [4.69, 9.17) is 4.74 Å².